The van der Waals surface area contributed by atoms with Gasteiger partial charge < -0.3 is 9.05 Å². The van der Waals surface area contributed by atoms with E-state index >= 15 is 0 Å². The van der Waals surface area contributed by atoms with Gasteiger partial charge in [0.05, 0.1) is 0 Å². The standard InChI is InChI=1S/C28H44O8P2/c1-16(2)19-12-21(25(35-37(29,30)31)23(14-19)27(6,7)8)18(5)22-13-20(17(3)4)15-24(28(9,10)11)26(22)36-38(32,33)34/h12-18H,1-11H3,(H2,29,30,31)(H2,32,33,34). The van der Waals surface area contributed by atoms with Gasteiger partial charge in [-0.15, -0.1) is 0 Å². The molecule has 8 nitrogen and oxygen atoms in total. The van der Waals surface area contributed by atoms with Crippen LogP contribution >= 0.6 is 15.6 Å². The lowest BCUT2D eigenvalue weighted by atomic mass is 9.77. The molecule has 0 amide bonds. The summed E-state index contributed by atoms with van der Waals surface area (Å²) in [6, 6.07) is 7.53. The van der Waals surface area contributed by atoms with Gasteiger partial charge in [0.1, 0.15) is 11.5 Å². The van der Waals surface area contributed by atoms with Crippen LogP contribution in [0.4, 0.5) is 0 Å². The molecule has 0 bridgehead atoms. The summed E-state index contributed by atoms with van der Waals surface area (Å²) in [4.78, 5) is 39.4. The number of benzene rings is 2. The van der Waals surface area contributed by atoms with E-state index < -0.39 is 32.4 Å². The number of phosphoric acid groups is 2. The minimum atomic E-state index is -4.94. The summed E-state index contributed by atoms with van der Waals surface area (Å²) in [7, 11) is -9.89. The lowest BCUT2D eigenvalue weighted by Gasteiger charge is -2.31. The third-order valence-electron chi connectivity index (χ3n) is 6.58. The molecule has 0 fully saturated rings. The zero-order chi connectivity index (χ0) is 29.6. The summed E-state index contributed by atoms with van der Waals surface area (Å²) in [6.07, 6.45) is 0. The zero-order valence-corrected chi connectivity index (χ0v) is 26.1. The topological polar surface area (TPSA) is 134 Å². The average molecular weight is 571 g/mol. The minimum absolute atomic E-state index is 0.0668. The molecule has 0 aliphatic rings. The van der Waals surface area contributed by atoms with Crippen LogP contribution in [0.25, 0.3) is 0 Å². The lowest BCUT2D eigenvalue weighted by Crippen LogP contribution is -2.18. The molecule has 2 aromatic rings. The molecule has 0 spiro atoms. The highest BCUT2D eigenvalue weighted by Gasteiger charge is 2.34. The van der Waals surface area contributed by atoms with E-state index in [1.165, 1.54) is 0 Å². The predicted molar refractivity (Wildman–Crippen MR) is 151 cm³/mol. The van der Waals surface area contributed by atoms with Gasteiger partial charge in [0, 0.05) is 28.2 Å². The monoisotopic (exact) mass is 570 g/mol. The number of rotatable bonds is 8. The van der Waals surface area contributed by atoms with Crippen molar-refractivity contribution in [3.63, 3.8) is 0 Å². The van der Waals surface area contributed by atoms with Crippen molar-refractivity contribution in [2.24, 2.45) is 0 Å². The summed E-state index contributed by atoms with van der Waals surface area (Å²) < 4.78 is 35.0. The van der Waals surface area contributed by atoms with Crippen LogP contribution in [0.15, 0.2) is 24.3 Å². The summed E-state index contributed by atoms with van der Waals surface area (Å²) in [5.41, 5.74) is 3.11. The predicted octanol–water partition coefficient (Wildman–Crippen LogP) is 7.62. The first kappa shape index (κ1) is 32.6. The molecule has 0 aliphatic heterocycles. The number of hydrogen-bond donors (Lipinski definition) is 4. The van der Waals surface area contributed by atoms with Crippen LogP contribution in [-0.2, 0) is 20.0 Å². The maximum absolute atomic E-state index is 12.1. The van der Waals surface area contributed by atoms with Crippen LogP contribution < -0.4 is 9.05 Å². The van der Waals surface area contributed by atoms with Gasteiger partial charge >= 0.3 is 15.6 Å². The van der Waals surface area contributed by atoms with Crippen molar-refractivity contribution < 1.29 is 37.8 Å². The highest BCUT2D eigenvalue weighted by atomic mass is 31.2. The maximum Gasteiger partial charge on any atom is 0.524 e. The molecule has 2 rings (SSSR count). The van der Waals surface area contributed by atoms with Crippen molar-refractivity contribution in [1.82, 2.24) is 0 Å². The summed E-state index contributed by atoms with van der Waals surface area (Å²) in [5.74, 6) is -0.264. The van der Waals surface area contributed by atoms with Crippen molar-refractivity contribution in [2.45, 2.75) is 105 Å². The Kier molecular flexibility index (Phi) is 9.49. The minimum Gasteiger partial charge on any atom is -0.404 e. The van der Waals surface area contributed by atoms with E-state index in [1.807, 2.05) is 100 Å². The largest absolute Gasteiger partial charge is 0.524 e. The second-order valence-electron chi connectivity index (χ2n) is 12.7. The molecule has 0 heterocycles. The van der Waals surface area contributed by atoms with Crippen molar-refractivity contribution in [3.05, 3.63) is 57.6 Å². The highest BCUT2D eigenvalue weighted by Crippen LogP contribution is 2.52. The van der Waals surface area contributed by atoms with Gasteiger partial charge in [0.15, 0.2) is 0 Å². The van der Waals surface area contributed by atoms with Crippen LogP contribution in [0, 0.1) is 0 Å². The molecule has 214 valence electrons. The van der Waals surface area contributed by atoms with E-state index in [2.05, 4.69) is 0 Å². The van der Waals surface area contributed by atoms with E-state index in [0.29, 0.717) is 22.3 Å². The van der Waals surface area contributed by atoms with Crippen LogP contribution in [0.2, 0.25) is 0 Å². The van der Waals surface area contributed by atoms with Crippen molar-refractivity contribution in [3.8, 4) is 11.5 Å². The van der Waals surface area contributed by atoms with Crippen LogP contribution in [0.3, 0.4) is 0 Å². The third-order valence-corrected chi connectivity index (χ3v) is 7.42. The normalized spacial score (nSPS) is 13.5. The molecule has 0 aliphatic carbocycles. The van der Waals surface area contributed by atoms with Crippen LogP contribution in [0.5, 0.6) is 11.5 Å². The van der Waals surface area contributed by atoms with Gasteiger partial charge in [0.25, 0.3) is 0 Å². The van der Waals surface area contributed by atoms with Crippen molar-refractivity contribution in [2.75, 3.05) is 0 Å². The SMILES string of the molecule is CC(C)c1cc(C(C)c2cc(C(C)C)cc(C(C)(C)C)c2OP(=O)(O)O)c(OP(=O)(O)O)c(C(C)(C)C)c1. The fourth-order valence-corrected chi connectivity index (χ4v) is 5.27. The molecule has 38 heavy (non-hydrogen) atoms. The van der Waals surface area contributed by atoms with Gasteiger partial charge in [-0.3, -0.25) is 19.6 Å². The number of hydrogen-bond acceptors (Lipinski definition) is 4. The highest BCUT2D eigenvalue weighted by molar-refractivity contribution is 7.47. The van der Waals surface area contributed by atoms with Crippen molar-refractivity contribution >= 4 is 15.6 Å². The quantitative estimate of drug-likeness (QED) is 0.238. The Morgan fingerprint density at radius 3 is 1.11 bits per heavy atom. The van der Waals surface area contributed by atoms with E-state index in [0.717, 1.165) is 11.1 Å². The van der Waals surface area contributed by atoms with E-state index in [1.54, 1.807) is 0 Å². The van der Waals surface area contributed by atoms with Gasteiger partial charge in [-0.1, -0.05) is 100 Å². The Hall–Kier alpha value is -1.66. The molecule has 0 unspecified atom stereocenters. The molecule has 4 N–H and O–H groups in total. The first-order chi connectivity index (χ1) is 16.9. The van der Waals surface area contributed by atoms with E-state index in [9.17, 15) is 28.7 Å². The average Bonchev–Trinajstić information content (AvgIpc) is 2.69. The molecule has 0 saturated carbocycles. The molecule has 0 atom stereocenters. The van der Waals surface area contributed by atoms with Gasteiger partial charge in [-0.25, -0.2) is 9.13 Å². The summed E-state index contributed by atoms with van der Waals surface area (Å²) in [6.45, 7) is 21.6. The van der Waals surface area contributed by atoms with Gasteiger partial charge in [-0.05, 0) is 33.8 Å². The Labute approximate surface area is 227 Å². The van der Waals surface area contributed by atoms with Crippen molar-refractivity contribution in [1.29, 1.82) is 0 Å². The Balaban J connectivity index is 3.10. The maximum atomic E-state index is 12.1. The zero-order valence-electron chi connectivity index (χ0n) is 24.4. The Bertz CT molecular complexity index is 1160. The Morgan fingerprint density at radius 2 is 0.895 bits per heavy atom. The molecule has 2 aromatic carbocycles. The fourth-order valence-electron chi connectivity index (χ4n) is 4.38. The second-order valence-corrected chi connectivity index (χ2v) is 15.0. The first-order valence-electron chi connectivity index (χ1n) is 12.8. The Morgan fingerprint density at radius 1 is 0.605 bits per heavy atom. The smallest absolute Gasteiger partial charge is 0.404 e. The molecule has 0 aromatic heterocycles. The second kappa shape index (κ2) is 11.1. The molecule has 10 heteroatoms. The molecular weight excluding hydrogens is 526 g/mol. The lowest BCUT2D eigenvalue weighted by molar-refractivity contribution is 0.278. The van der Waals surface area contributed by atoms with E-state index in [4.69, 9.17) is 9.05 Å². The first-order valence-corrected chi connectivity index (χ1v) is 15.8. The molecular formula is C28H44O8P2. The van der Waals surface area contributed by atoms with Gasteiger partial charge in [-0.2, -0.15) is 0 Å². The third kappa shape index (κ3) is 8.17. The van der Waals surface area contributed by atoms with Crippen LogP contribution in [0.1, 0.15) is 127 Å². The van der Waals surface area contributed by atoms with Crippen LogP contribution in [-0.4, -0.2) is 19.6 Å². The number of phosphoric ester groups is 2. The summed E-state index contributed by atoms with van der Waals surface area (Å²) in [5, 5.41) is 0. The summed E-state index contributed by atoms with van der Waals surface area (Å²) >= 11 is 0. The van der Waals surface area contributed by atoms with Gasteiger partial charge in [0.2, 0.25) is 0 Å². The fraction of sp³-hybridized carbons (Fsp3) is 0.571. The molecule has 0 radical (unpaired) electrons. The molecule has 0 saturated heterocycles. The van der Waals surface area contributed by atoms with E-state index in [-0.39, 0.29) is 23.3 Å².